The SMILES string of the molecule is CCS(=O)(=O)c1ccc(N(CC(=O)Nc2cc(F)c(C3(c4noc(-c5ccc(OC)nc5)n4)CC3)c(Cl)c2)CC(F)(F)F)cc1. The average Bonchev–Trinajstić information content (AvgIpc) is 3.61. The number of carbonyl (C=O) groups is 1. The Labute approximate surface area is 260 Å². The summed E-state index contributed by atoms with van der Waals surface area (Å²) in [5.41, 5.74) is -0.444. The van der Waals surface area contributed by atoms with Gasteiger partial charge in [0.25, 0.3) is 5.89 Å². The molecule has 4 aromatic rings. The first-order valence-electron chi connectivity index (χ1n) is 13.5. The van der Waals surface area contributed by atoms with E-state index in [4.69, 9.17) is 20.9 Å². The summed E-state index contributed by atoms with van der Waals surface area (Å²) in [6.07, 6.45) is -2.24. The van der Waals surface area contributed by atoms with E-state index in [1.165, 1.54) is 50.6 Å². The molecule has 0 radical (unpaired) electrons. The first-order chi connectivity index (χ1) is 21.2. The van der Waals surface area contributed by atoms with E-state index in [1.807, 2.05) is 0 Å². The minimum Gasteiger partial charge on any atom is -0.481 e. The van der Waals surface area contributed by atoms with Crippen LogP contribution >= 0.6 is 11.6 Å². The first kappa shape index (κ1) is 32.2. The highest BCUT2D eigenvalue weighted by Gasteiger charge is 2.53. The molecule has 0 atom stereocenters. The van der Waals surface area contributed by atoms with Gasteiger partial charge in [-0.1, -0.05) is 23.7 Å². The molecule has 238 valence electrons. The predicted octanol–water partition coefficient (Wildman–Crippen LogP) is 5.81. The maximum Gasteiger partial charge on any atom is 0.405 e. The average molecular weight is 668 g/mol. The standard InChI is InChI=1S/C29H26ClF4N5O5S/c1-3-45(41,42)20-7-5-19(6-8-20)39(16-29(32,33)34)15-23(40)36-18-12-21(30)25(22(31)13-18)28(10-11-28)27-37-26(44-38-27)17-4-9-24(43-2)35-14-17/h4-9,12-14H,3,10-11,15-16H2,1-2H3,(H,36,40). The van der Waals surface area contributed by atoms with Gasteiger partial charge in [-0.05, 0) is 55.3 Å². The van der Waals surface area contributed by atoms with E-state index in [-0.39, 0.29) is 44.3 Å². The topological polar surface area (TPSA) is 128 Å². The van der Waals surface area contributed by atoms with Gasteiger partial charge in [0.05, 0.1) is 35.3 Å². The van der Waals surface area contributed by atoms with Gasteiger partial charge in [0.2, 0.25) is 11.8 Å². The van der Waals surface area contributed by atoms with Gasteiger partial charge >= 0.3 is 6.18 Å². The smallest absolute Gasteiger partial charge is 0.405 e. The number of alkyl halides is 3. The number of sulfone groups is 1. The normalized spacial score (nSPS) is 14.2. The molecule has 2 aromatic heterocycles. The van der Waals surface area contributed by atoms with Crippen molar-refractivity contribution in [1.29, 1.82) is 0 Å². The fourth-order valence-corrected chi connectivity index (χ4v) is 6.11. The summed E-state index contributed by atoms with van der Waals surface area (Å²) in [7, 11) is -2.10. The second-order valence-electron chi connectivity index (χ2n) is 10.3. The molecule has 45 heavy (non-hydrogen) atoms. The third kappa shape index (κ3) is 7.04. The van der Waals surface area contributed by atoms with Crippen molar-refractivity contribution >= 4 is 38.7 Å². The molecule has 1 aliphatic rings. The van der Waals surface area contributed by atoms with Crippen LogP contribution in [-0.2, 0) is 20.0 Å². The maximum absolute atomic E-state index is 15.6. The van der Waals surface area contributed by atoms with Crippen molar-refractivity contribution < 1.29 is 40.0 Å². The van der Waals surface area contributed by atoms with Crippen molar-refractivity contribution in [1.82, 2.24) is 15.1 Å². The van der Waals surface area contributed by atoms with Crippen molar-refractivity contribution in [2.24, 2.45) is 0 Å². The molecule has 2 aromatic carbocycles. The summed E-state index contributed by atoms with van der Waals surface area (Å²) in [5.74, 6) is -1.07. The van der Waals surface area contributed by atoms with Crippen LogP contribution in [0.5, 0.6) is 5.88 Å². The Morgan fingerprint density at radius 1 is 1.16 bits per heavy atom. The monoisotopic (exact) mass is 667 g/mol. The third-order valence-electron chi connectivity index (χ3n) is 7.25. The molecule has 1 fully saturated rings. The Kier molecular flexibility index (Phi) is 8.77. The van der Waals surface area contributed by atoms with Crippen LogP contribution in [0.4, 0.5) is 28.9 Å². The number of nitrogens with zero attached hydrogens (tertiary/aromatic N) is 4. The van der Waals surface area contributed by atoms with Crippen LogP contribution in [0.25, 0.3) is 11.5 Å². The Balaban J connectivity index is 1.33. The maximum atomic E-state index is 15.6. The van der Waals surface area contributed by atoms with E-state index in [2.05, 4.69) is 20.4 Å². The molecule has 16 heteroatoms. The lowest BCUT2D eigenvalue weighted by atomic mass is 9.94. The van der Waals surface area contributed by atoms with E-state index in [0.29, 0.717) is 24.3 Å². The lowest BCUT2D eigenvalue weighted by molar-refractivity contribution is -0.122. The molecule has 0 aliphatic heterocycles. The van der Waals surface area contributed by atoms with Crippen molar-refractivity contribution in [3.63, 3.8) is 0 Å². The molecular formula is C29H26ClF4N5O5S. The molecule has 1 N–H and O–H groups in total. The van der Waals surface area contributed by atoms with Crippen LogP contribution < -0.4 is 15.0 Å². The van der Waals surface area contributed by atoms with Crippen molar-refractivity contribution in [2.75, 3.05) is 36.2 Å². The van der Waals surface area contributed by atoms with Gasteiger partial charge in [0.15, 0.2) is 15.7 Å². The van der Waals surface area contributed by atoms with Gasteiger partial charge in [0, 0.05) is 34.2 Å². The molecule has 0 bridgehead atoms. The second-order valence-corrected chi connectivity index (χ2v) is 13.0. The Morgan fingerprint density at radius 2 is 1.87 bits per heavy atom. The lowest BCUT2D eigenvalue weighted by Gasteiger charge is -2.25. The lowest BCUT2D eigenvalue weighted by Crippen LogP contribution is -2.39. The van der Waals surface area contributed by atoms with Gasteiger partial charge in [0.1, 0.15) is 12.4 Å². The Bertz CT molecular complexity index is 1790. The summed E-state index contributed by atoms with van der Waals surface area (Å²) in [4.78, 5) is 22.0. The van der Waals surface area contributed by atoms with Crippen molar-refractivity contribution in [3.05, 3.63) is 77.0 Å². The largest absolute Gasteiger partial charge is 0.481 e. The summed E-state index contributed by atoms with van der Waals surface area (Å²) >= 11 is 6.49. The molecule has 1 saturated carbocycles. The summed E-state index contributed by atoms with van der Waals surface area (Å²) in [6.45, 7) is -0.815. The van der Waals surface area contributed by atoms with Crippen LogP contribution in [0, 0.1) is 5.82 Å². The zero-order chi connectivity index (χ0) is 32.6. The van der Waals surface area contributed by atoms with E-state index in [9.17, 15) is 26.4 Å². The number of benzene rings is 2. The highest BCUT2D eigenvalue weighted by molar-refractivity contribution is 7.91. The molecule has 10 nitrogen and oxygen atoms in total. The number of hydrogen-bond donors (Lipinski definition) is 1. The number of aromatic nitrogens is 3. The fraction of sp³-hybridized carbons (Fsp3) is 0.310. The molecular weight excluding hydrogens is 642 g/mol. The van der Waals surface area contributed by atoms with Gasteiger partial charge < -0.3 is 19.5 Å². The number of hydrogen-bond acceptors (Lipinski definition) is 9. The predicted molar refractivity (Wildman–Crippen MR) is 157 cm³/mol. The minimum atomic E-state index is -4.68. The number of methoxy groups -OCH3 is 1. The molecule has 5 rings (SSSR count). The van der Waals surface area contributed by atoms with Crippen molar-refractivity contribution in [3.8, 4) is 17.3 Å². The number of halogens is 5. The molecule has 1 aliphatic carbocycles. The van der Waals surface area contributed by atoms with E-state index in [0.717, 1.165) is 11.0 Å². The van der Waals surface area contributed by atoms with Gasteiger partial charge in [-0.15, -0.1) is 0 Å². The molecule has 0 spiro atoms. The van der Waals surface area contributed by atoms with Crippen LogP contribution in [0.1, 0.15) is 31.2 Å². The Hall–Kier alpha value is -4.24. The van der Waals surface area contributed by atoms with Gasteiger partial charge in [-0.25, -0.2) is 17.8 Å². The molecule has 2 heterocycles. The summed E-state index contributed by atoms with van der Waals surface area (Å²) in [5, 5.41) is 6.39. The Morgan fingerprint density at radius 3 is 2.42 bits per heavy atom. The third-order valence-corrected chi connectivity index (χ3v) is 9.30. The van der Waals surface area contributed by atoms with E-state index < -0.39 is 46.2 Å². The van der Waals surface area contributed by atoms with Crippen molar-refractivity contribution in [2.45, 2.75) is 36.3 Å². The number of pyridine rings is 1. The van der Waals surface area contributed by atoms with Gasteiger partial charge in [-0.3, -0.25) is 4.79 Å². The van der Waals surface area contributed by atoms with Crippen LogP contribution in [0.15, 0.2) is 64.1 Å². The van der Waals surface area contributed by atoms with Crippen LogP contribution in [0.2, 0.25) is 5.02 Å². The number of amides is 1. The summed E-state index contributed by atoms with van der Waals surface area (Å²) < 4.78 is 90.2. The minimum absolute atomic E-state index is 0.0299. The fourth-order valence-electron chi connectivity index (χ4n) is 4.84. The van der Waals surface area contributed by atoms with Gasteiger partial charge in [-0.2, -0.15) is 18.2 Å². The number of carbonyl (C=O) groups excluding carboxylic acids is 1. The molecule has 0 saturated heterocycles. The molecule has 1 amide bonds. The quantitative estimate of drug-likeness (QED) is 0.197. The number of ether oxygens (including phenoxy) is 1. The first-order valence-corrected chi connectivity index (χ1v) is 15.6. The zero-order valence-corrected chi connectivity index (χ0v) is 25.4. The number of nitrogens with one attached hydrogen (secondary N) is 1. The van der Waals surface area contributed by atoms with E-state index in [1.54, 1.807) is 12.1 Å². The molecule has 0 unspecified atom stereocenters. The van der Waals surface area contributed by atoms with Crippen LogP contribution in [0.3, 0.4) is 0 Å². The highest BCUT2D eigenvalue weighted by Crippen LogP contribution is 2.55. The second kappa shape index (κ2) is 12.3. The number of anilines is 2. The number of rotatable bonds is 11. The van der Waals surface area contributed by atoms with E-state index >= 15 is 4.39 Å². The summed E-state index contributed by atoms with van der Waals surface area (Å²) in [6, 6.07) is 10.3. The highest BCUT2D eigenvalue weighted by atomic mass is 35.5. The van der Waals surface area contributed by atoms with Crippen LogP contribution in [-0.4, -0.2) is 61.6 Å². The zero-order valence-electron chi connectivity index (χ0n) is 23.9.